The molecule has 0 aliphatic carbocycles. The lowest BCUT2D eigenvalue weighted by molar-refractivity contribution is -0.138. The first-order valence-electron chi connectivity index (χ1n) is 16.9. The van der Waals surface area contributed by atoms with E-state index in [4.69, 9.17) is 4.74 Å². The van der Waals surface area contributed by atoms with E-state index in [9.17, 15) is 32.7 Å². The van der Waals surface area contributed by atoms with Crippen molar-refractivity contribution in [3.05, 3.63) is 48.2 Å². The number of amides is 3. The Kier molecular flexibility index (Phi) is 13.8. The zero-order valence-corrected chi connectivity index (χ0v) is 29.2. The van der Waals surface area contributed by atoms with Crippen molar-refractivity contribution in [3.8, 4) is 11.3 Å². The van der Waals surface area contributed by atoms with Crippen LogP contribution < -0.4 is 10.2 Å². The monoisotopic (exact) mass is 700 g/mol. The second kappa shape index (κ2) is 18.0. The van der Waals surface area contributed by atoms with Crippen LogP contribution in [0.1, 0.15) is 49.5 Å². The minimum Gasteiger partial charge on any atom is -0.481 e. The van der Waals surface area contributed by atoms with Crippen LogP contribution >= 0.6 is 0 Å². The summed E-state index contributed by atoms with van der Waals surface area (Å²) < 4.78 is 28.6. The van der Waals surface area contributed by atoms with Crippen LogP contribution in [0.15, 0.2) is 42.5 Å². The number of carbonyl (C=O) groups excluding carboxylic acids is 3. The molecule has 0 unspecified atom stereocenters. The summed E-state index contributed by atoms with van der Waals surface area (Å²) in [5, 5.41) is 12.2. The quantitative estimate of drug-likeness (QED) is 0.262. The molecule has 2 N–H and O–H groups in total. The molecule has 3 amide bonds. The van der Waals surface area contributed by atoms with Gasteiger partial charge in [-0.1, -0.05) is 50.1 Å². The van der Waals surface area contributed by atoms with E-state index in [2.05, 4.69) is 27.0 Å². The van der Waals surface area contributed by atoms with E-state index in [1.165, 1.54) is 11.2 Å². The van der Waals surface area contributed by atoms with Crippen molar-refractivity contribution in [2.45, 2.75) is 45.1 Å². The number of carboxylic acids is 1. The second-order valence-electron chi connectivity index (χ2n) is 12.5. The standard InChI is InChI=1S/C34H48N6O8S/c1-3-4-8-22-48-34(45)40-19-17-39(18-20-40)33(44)28(11-12-31(41)42)36-32(43)30-25-27(24-29(35-30)26-9-6-5-7-10-26)38-15-13-37(14-16-38)21-23-49(2,46)47/h5-7,9-10,24-25,28H,3-4,8,11-23H2,1-2H3,(H,36,43)(H,41,42)/t28-/m0/s1. The van der Waals surface area contributed by atoms with Gasteiger partial charge in [-0.2, -0.15) is 0 Å². The van der Waals surface area contributed by atoms with Gasteiger partial charge in [0.2, 0.25) is 5.91 Å². The van der Waals surface area contributed by atoms with Gasteiger partial charge in [-0.05, 0) is 25.0 Å². The number of pyridine rings is 1. The van der Waals surface area contributed by atoms with E-state index in [1.54, 1.807) is 11.0 Å². The normalized spacial score (nSPS) is 16.2. The van der Waals surface area contributed by atoms with E-state index >= 15 is 0 Å². The molecule has 1 aromatic heterocycles. The molecule has 1 atom stereocenters. The number of nitrogens with zero attached hydrogens (tertiary/aromatic N) is 5. The molecule has 0 bridgehead atoms. The van der Waals surface area contributed by atoms with Crippen LogP contribution in [-0.2, 0) is 24.2 Å². The highest BCUT2D eigenvalue weighted by Crippen LogP contribution is 2.26. The molecule has 2 aliphatic heterocycles. The van der Waals surface area contributed by atoms with Gasteiger partial charge >= 0.3 is 12.1 Å². The summed E-state index contributed by atoms with van der Waals surface area (Å²) in [6.45, 7) is 6.38. The summed E-state index contributed by atoms with van der Waals surface area (Å²) in [5.74, 6) is -2.03. The summed E-state index contributed by atoms with van der Waals surface area (Å²) in [6, 6.07) is 11.9. The lowest BCUT2D eigenvalue weighted by Crippen LogP contribution is -2.56. The first kappa shape index (κ1) is 37.6. The minimum atomic E-state index is -3.07. The number of unbranched alkanes of at least 4 members (excludes halogenated alkanes) is 2. The fraction of sp³-hybridized carbons (Fsp3) is 0.559. The van der Waals surface area contributed by atoms with Gasteiger partial charge in [0.05, 0.1) is 18.1 Å². The third-order valence-corrected chi connectivity index (χ3v) is 9.63. The van der Waals surface area contributed by atoms with E-state index in [1.807, 2.05) is 36.4 Å². The number of carbonyl (C=O) groups is 4. The molecule has 3 heterocycles. The van der Waals surface area contributed by atoms with Gasteiger partial charge < -0.3 is 29.9 Å². The molecule has 2 fully saturated rings. The summed E-state index contributed by atoms with van der Waals surface area (Å²) in [7, 11) is -3.07. The topological polar surface area (TPSA) is 170 Å². The Balaban J connectivity index is 1.47. The van der Waals surface area contributed by atoms with Crippen LogP contribution in [0, 0.1) is 0 Å². The maximum Gasteiger partial charge on any atom is 0.409 e. The number of ether oxygens (including phenoxy) is 1. The van der Waals surface area contributed by atoms with Crippen molar-refractivity contribution in [2.75, 3.05) is 82.4 Å². The van der Waals surface area contributed by atoms with Crippen LogP contribution in [0.4, 0.5) is 10.5 Å². The lowest BCUT2D eigenvalue weighted by Gasteiger charge is -2.36. The minimum absolute atomic E-state index is 0.0830. The predicted molar refractivity (Wildman–Crippen MR) is 185 cm³/mol. The van der Waals surface area contributed by atoms with Gasteiger partial charge in [0.15, 0.2) is 0 Å². The Morgan fingerprint density at radius 2 is 1.61 bits per heavy atom. The number of anilines is 1. The molecule has 2 aliphatic rings. The number of sulfone groups is 1. The van der Waals surface area contributed by atoms with E-state index in [-0.39, 0.29) is 50.5 Å². The summed E-state index contributed by atoms with van der Waals surface area (Å²) in [4.78, 5) is 63.3. The van der Waals surface area contributed by atoms with Crippen molar-refractivity contribution < 1.29 is 37.4 Å². The molecule has 15 heteroatoms. The number of aliphatic carboxylic acids is 1. The van der Waals surface area contributed by atoms with Gasteiger partial charge in [0, 0.05) is 82.8 Å². The third kappa shape index (κ3) is 11.7. The molecular weight excluding hydrogens is 652 g/mol. The van der Waals surface area contributed by atoms with Crippen LogP contribution in [0.5, 0.6) is 0 Å². The Labute approximate surface area is 288 Å². The number of nitrogens with one attached hydrogen (secondary N) is 1. The first-order valence-corrected chi connectivity index (χ1v) is 18.9. The predicted octanol–water partition coefficient (Wildman–Crippen LogP) is 2.35. The molecule has 0 saturated carbocycles. The van der Waals surface area contributed by atoms with Gasteiger partial charge in [-0.3, -0.25) is 19.3 Å². The van der Waals surface area contributed by atoms with Crippen LogP contribution in [-0.4, -0.2) is 141 Å². The van der Waals surface area contributed by atoms with E-state index < -0.39 is 39.8 Å². The maximum atomic E-state index is 13.8. The van der Waals surface area contributed by atoms with Crippen LogP contribution in [0.3, 0.4) is 0 Å². The zero-order valence-electron chi connectivity index (χ0n) is 28.4. The molecule has 2 saturated heterocycles. The molecule has 49 heavy (non-hydrogen) atoms. The fourth-order valence-electron chi connectivity index (χ4n) is 5.79. The molecule has 4 rings (SSSR count). The Hall–Kier alpha value is -4.24. The zero-order chi connectivity index (χ0) is 35.4. The Morgan fingerprint density at radius 1 is 0.939 bits per heavy atom. The average molecular weight is 701 g/mol. The molecule has 14 nitrogen and oxygen atoms in total. The molecule has 1 aromatic carbocycles. The lowest BCUT2D eigenvalue weighted by atomic mass is 10.1. The number of benzene rings is 1. The number of carboxylic acid groups (broad SMARTS) is 1. The third-order valence-electron chi connectivity index (χ3n) is 8.70. The summed E-state index contributed by atoms with van der Waals surface area (Å²) in [5.41, 5.74) is 2.20. The SMILES string of the molecule is CCCCCOC(=O)N1CCN(C(=O)[C@H](CCC(=O)O)NC(=O)c2cc(N3CCN(CCS(C)(=O)=O)CC3)cc(-c3ccccc3)n2)CC1. The first-order chi connectivity index (χ1) is 23.4. The molecule has 0 spiro atoms. The van der Waals surface area contributed by atoms with Gasteiger partial charge in [-0.15, -0.1) is 0 Å². The molecular formula is C34H48N6O8S. The van der Waals surface area contributed by atoms with Crippen molar-refractivity contribution in [3.63, 3.8) is 0 Å². The number of piperazine rings is 2. The molecule has 268 valence electrons. The largest absolute Gasteiger partial charge is 0.481 e. The Morgan fingerprint density at radius 3 is 2.24 bits per heavy atom. The van der Waals surface area contributed by atoms with Gasteiger partial charge in [0.25, 0.3) is 5.91 Å². The maximum absolute atomic E-state index is 13.8. The van der Waals surface area contributed by atoms with Crippen molar-refractivity contribution in [1.29, 1.82) is 0 Å². The number of rotatable bonds is 15. The van der Waals surface area contributed by atoms with E-state index in [0.29, 0.717) is 45.0 Å². The van der Waals surface area contributed by atoms with Gasteiger partial charge in [0.1, 0.15) is 21.6 Å². The summed E-state index contributed by atoms with van der Waals surface area (Å²) >= 11 is 0. The van der Waals surface area contributed by atoms with Crippen molar-refractivity contribution in [1.82, 2.24) is 25.0 Å². The van der Waals surface area contributed by atoms with Gasteiger partial charge in [-0.25, -0.2) is 18.2 Å². The van der Waals surface area contributed by atoms with Crippen molar-refractivity contribution >= 4 is 39.4 Å². The number of hydrogen-bond acceptors (Lipinski definition) is 10. The smallest absolute Gasteiger partial charge is 0.409 e. The van der Waals surface area contributed by atoms with Crippen molar-refractivity contribution in [2.24, 2.45) is 0 Å². The highest BCUT2D eigenvalue weighted by molar-refractivity contribution is 7.90. The highest BCUT2D eigenvalue weighted by atomic mass is 32.2. The van der Waals surface area contributed by atoms with Crippen LogP contribution in [0.25, 0.3) is 11.3 Å². The Bertz CT molecular complexity index is 1540. The van der Waals surface area contributed by atoms with Crippen LogP contribution in [0.2, 0.25) is 0 Å². The second-order valence-corrected chi connectivity index (χ2v) is 14.8. The van der Waals surface area contributed by atoms with E-state index in [0.717, 1.165) is 30.5 Å². The fourth-order valence-corrected chi connectivity index (χ4v) is 6.38. The number of aromatic nitrogens is 1. The molecule has 2 aromatic rings. The summed E-state index contributed by atoms with van der Waals surface area (Å²) in [6.07, 6.45) is 3.15. The number of hydrogen-bond donors (Lipinski definition) is 2. The average Bonchev–Trinajstić information content (AvgIpc) is 3.10. The molecule has 0 radical (unpaired) electrons. The highest BCUT2D eigenvalue weighted by Gasteiger charge is 2.31.